The molecule has 5 heteroatoms. The van der Waals surface area contributed by atoms with Crippen LogP contribution in [0.5, 0.6) is 0 Å². The molecule has 0 aliphatic rings. The molecule has 108 valence electrons. The molecule has 0 saturated carbocycles. The first-order valence-corrected chi connectivity index (χ1v) is 6.62. The van der Waals surface area contributed by atoms with Crippen LogP contribution in [0.2, 0.25) is 5.02 Å². The van der Waals surface area contributed by atoms with Crippen LogP contribution in [0.4, 0.5) is 0 Å². The number of hydrogen-bond acceptors (Lipinski definition) is 3. The maximum Gasteiger partial charge on any atom is 0.331 e. The summed E-state index contributed by atoms with van der Waals surface area (Å²) < 4.78 is 4.82. The fraction of sp³-hybridized carbons (Fsp3) is 0.333. The Bertz CT molecular complexity index is 522. The molecule has 1 atom stereocenters. The number of hydrogen-bond donors (Lipinski definition) is 1. The van der Waals surface area contributed by atoms with E-state index in [0.29, 0.717) is 5.02 Å². The third-order valence-corrected chi connectivity index (χ3v) is 2.71. The number of benzene rings is 1. The molecule has 0 spiro atoms. The van der Waals surface area contributed by atoms with Crippen molar-refractivity contribution in [3.63, 3.8) is 0 Å². The van der Waals surface area contributed by atoms with Crippen molar-refractivity contribution in [3.05, 3.63) is 46.5 Å². The van der Waals surface area contributed by atoms with Gasteiger partial charge < -0.3 is 10.1 Å². The van der Waals surface area contributed by atoms with Gasteiger partial charge in [0.1, 0.15) is 0 Å². The van der Waals surface area contributed by atoms with Gasteiger partial charge in [0.15, 0.2) is 6.61 Å². The van der Waals surface area contributed by atoms with Gasteiger partial charge in [0.25, 0.3) is 5.91 Å². The summed E-state index contributed by atoms with van der Waals surface area (Å²) >= 11 is 5.89. The molecule has 0 fully saturated rings. The van der Waals surface area contributed by atoms with Crippen LogP contribution in [0.1, 0.15) is 32.4 Å². The molecule has 0 radical (unpaired) electrons. The van der Waals surface area contributed by atoms with Gasteiger partial charge in [0.2, 0.25) is 0 Å². The highest BCUT2D eigenvalue weighted by Gasteiger charge is 2.11. The van der Waals surface area contributed by atoms with Gasteiger partial charge >= 0.3 is 5.97 Å². The smallest absolute Gasteiger partial charge is 0.331 e. The van der Waals surface area contributed by atoms with E-state index in [2.05, 4.69) is 5.32 Å². The van der Waals surface area contributed by atoms with Gasteiger partial charge in [-0.1, -0.05) is 29.3 Å². The van der Waals surface area contributed by atoms with Crippen LogP contribution in [0.3, 0.4) is 0 Å². The maximum absolute atomic E-state index is 11.7. The van der Waals surface area contributed by atoms with Crippen molar-refractivity contribution in [1.29, 1.82) is 0 Å². The minimum Gasteiger partial charge on any atom is -0.452 e. The molecule has 0 bridgehead atoms. The summed E-state index contributed by atoms with van der Waals surface area (Å²) in [5, 5.41) is 3.35. The summed E-state index contributed by atoms with van der Waals surface area (Å²) in [4.78, 5) is 22.9. The van der Waals surface area contributed by atoms with E-state index in [1.54, 1.807) is 26.0 Å². The summed E-state index contributed by atoms with van der Waals surface area (Å²) in [6.07, 6.45) is 1.34. The predicted molar refractivity (Wildman–Crippen MR) is 78.4 cm³/mol. The van der Waals surface area contributed by atoms with Gasteiger partial charge in [-0.2, -0.15) is 0 Å². The standard InChI is InChI=1S/C15H18ClNO3/c1-10(2)7-15(19)20-9-14(18)17-11(3)12-5-4-6-13(16)8-12/h4-8,11H,9H2,1-3H3,(H,17,18)/t11-/m0/s1. The molecule has 4 nitrogen and oxygen atoms in total. The number of esters is 1. The third kappa shape index (κ3) is 5.89. The van der Waals surface area contributed by atoms with Crippen LogP contribution in [0, 0.1) is 0 Å². The molecule has 1 aromatic carbocycles. The zero-order valence-electron chi connectivity index (χ0n) is 11.8. The van der Waals surface area contributed by atoms with Crippen LogP contribution in [-0.4, -0.2) is 18.5 Å². The number of halogens is 1. The minimum absolute atomic E-state index is 0.205. The highest BCUT2D eigenvalue weighted by molar-refractivity contribution is 6.30. The van der Waals surface area contributed by atoms with E-state index in [-0.39, 0.29) is 18.6 Å². The van der Waals surface area contributed by atoms with Crippen molar-refractivity contribution in [2.75, 3.05) is 6.61 Å². The number of carbonyl (C=O) groups excluding carboxylic acids is 2. The number of amides is 1. The molecule has 0 aliphatic heterocycles. The Hall–Kier alpha value is -1.81. The highest BCUT2D eigenvalue weighted by atomic mass is 35.5. The molecular weight excluding hydrogens is 278 g/mol. The number of nitrogens with one attached hydrogen (secondary N) is 1. The first-order valence-electron chi connectivity index (χ1n) is 6.25. The van der Waals surface area contributed by atoms with Crippen LogP contribution in [-0.2, 0) is 14.3 Å². The van der Waals surface area contributed by atoms with E-state index < -0.39 is 5.97 Å². The van der Waals surface area contributed by atoms with Crippen LogP contribution < -0.4 is 5.32 Å². The quantitative estimate of drug-likeness (QED) is 0.671. The molecule has 0 aromatic heterocycles. The summed E-state index contributed by atoms with van der Waals surface area (Å²) in [6, 6.07) is 7.02. The maximum atomic E-state index is 11.7. The van der Waals surface area contributed by atoms with Gasteiger partial charge in [0, 0.05) is 11.1 Å². The zero-order chi connectivity index (χ0) is 15.1. The second-order valence-corrected chi connectivity index (χ2v) is 5.11. The Morgan fingerprint density at radius 1 is 1.40 bits per heavy atom. The largest absolute Gasteiger partial charge is 0.452 e. The molecule has 0 aliphatic carbocycles. The molecular formula is C15H18ClNO3. The van der Waals surface area contributed by atoms with Gasteiger partial charge in [-0.15, -0.1) is 0 Å². The molecule has 1 amide bonds. The number of rotatable bonds is 5. The fourth-order valence-electron chi connectivity index (χ4n) is 1.56. The molecule has 1 aromatic rings. The van der Waals surface area contributed by atoms with Crippen molar-refractivity contribution >= 4 is 23.5 Å². The van der Waals surface area contributed by atoms with Gasteiger partial charge in [-0.3, -0.25) is 4.79 Å². The Balaban J connectivity index is 2.46. The lowest BCUT2D eigenvalue weighted by atomic mass is 10.1. The van der Waals surface area contributed by atoms with E-state index in [9.17, 15) is 9.59 Å². The lowest BCUT2D eigenvalue weighted by Crippen LogP contribution is -2.30. The van der Waals surface area contributed by atoms with E-state index >= 15 is 0 Å². The van der Waals surface area contributed by atoms with E-state index in [1.807, 2.05) is 19.1 Å². The van der Waals surface area contributed by atoms with Crippen molar-refractivity contribution in [1.82, 2.24) is 5.32 Å². The average Bonchev–Trinajstić information content (AvgIpc) is 2.35. The summed E-state index contributed by atoms with van der Waals surface area (Å²) in [5.41, 5.74) is 1.71. The minimum atomic E-state index is -0.518. The first kappa shape index (κ1) is 16.2. The number of ether oxygens (including phenoxy) is 1. The molecule has 0 unspecified atom stereocenters. The van der Waals surface area contributed by atoms with Gasteiger partial charge in [0.05, 0.1) is 6.04 Å². The normalized spacial score (nSPS) is 11.4. The highest BCUT2D eigenvalue weighted by Crippen LogP contribution is 2.17. The Morgan fingerprint density at radius 3 is 2.70 bits per heavy atom. The number of carbonyl (C=O) groups is 2. The average molecular weight is 296 g/mol. The molecule has 1 rings (SSSR count). The lowest BCUT2D eigenvalue weighted by molar-refractivity contribution is -0.144. The lowest BCUT2D eigenvalue weighted by Gasteiger charge is -2.14. The molecule has 1 N–H and O–H groups in total. The summed E-state index contributed by atoms with van der Waals surface area (Å²) in [6.45, 7) is 5.10. The van der Waals surface area contributed by atoms with Crippen LogP contribution in [0.25, 0.3) is 0 Å². The topological polar surface area (TPSA) is 55.4 Å². The Morgan fingerprint density at radius 2 is 2.10 bits per heavy atom. The van der Waals surface area contributed by atoms with E-state index in [0.717, 1.165) is 11.1 Å². The molecule has 20 heavy (non-hydrogen) atoms. The SMILES string of the molecule is CC(C)=CC(=O)OCC(=O)N[C@@H](C)c1cccc(Cl)c1. The van der Waals surface area contributed by atoms with Crippen molar-refractivity contribution in [3.8, 4) is 0 Å². The van der Waals surface area contributed by atoms with Crippen LogP contribution >= 0.6 is 11.6 Å². The van der Waals surface area contributed by atoms with Crippen molar-refractivity contribution in [2.45, 2.75) is 26.8 Å². The molecule has 0 heterocycles. The predicted octanol–water partition coefficient (Wildman–Crippen LogP) is 3.03. The molecule has 0 saturated heterocycles. The van der Waals surface area contributed by atoms with E-state index in [4.69, 9.17) is 16.3 Å². The number of allylic oxidation sites excluding steroid dienone is 1. The van der Waals surface area contributed by atoms with Gasteiger partial charge in [-0.25, -0.2) is 4.79 Å². The fourth-order valence-corrected chi connectivity index (χ4v) is 1.76. The van der Waals surface area contributed by atoms with E-state index in [1.165, 1.54) is 6.08 Å². The van der Waals surface area contributed by atoms with Crippen LogP contribution in [0.15, 0.2) is 35.9 Å². The Kier molecular flexibility index (Phi) is 6.25. The monoisotopic (exact) mass is 295 g/mol. The van der Waals surface area contributed by atoms with Crippen molar-refractivity contribution in [2.24, 2.45) is 0 Å². The van der Waals surface area contributed by atoms with Gasteiger partial charge in [-0.05, 0) is 38.5 Å². The third-order valence-electron chi connectivity index (χ3n) is 2.48. The van der Waals surface area contributed by atoms with Crippen molar-refractivity contribution < 1.29 is 14.3 Å². The second kappa shape index (κ2) is 7.70. The first-order chi connectivity index (χ1) is 9.38. The summed E-state index contributed by atoms with van der Waals surface area (Å²) in [5.74, 6) is -0.872. The Labute approximate surface area is 123 Å². The second-order valence-electron chi connectivity index (χ2n) is 4.67. The summed E-state index contributed by atoms with van der Waals surface area (Å²) in [7, 11) is 0. The zero-order valence-corrected chi connectivity index (χ0v) is 12.5.